The van der Waals surface area contributed by atoms with Crippen LogP contribution in [0.1, 0.15) is 30.3 Å². The van der Waals surface area contributed by atoms with Crippen molar-refractivity contribution < 1.29 is 14.3 Å². The van der Waals surface area contributed by atoms with Gasteiger partial charge in [-0.05, 0) is 19.8 Å². The number of ketones is 1. The molecule has 0 saturated carbocycles. The monoisotopic (exact) mass is 238 g/mol. The van der Waals surface area contributed by atoms with E-state index in [1.807, 2.05) is 6.92 Å². The molecule has 2 heterocycles. The standard InChI is InChI=1S/C12H18N2O3/c1-3-14-11(10(16-2)8-13-14)12(15)9-4-6-17-7-5-9/h8-9H,3-7H2,1-2H3. The first kappa shape index (κ1) is 12.1. The van der Waals surface area contributed by atoms with Crippen molar-refractivity contribution in [3.8, 4) is 5.75 Å². The van der Waals surface area contributed by atoms with Crippen LogP contribution in [-0.2, 0) is 11.3 Å². The Balaban J connectivity index is 2.24. The fourth-order valence-corrected chi connectivity index (χ4v) is 2.16. The molecule has 0 atom stereocenters. The average molecular weight is 238 g/mol. The maximum Gasteiger partial charge on any atom is 0.187 e. The maximum absolute atomic E-state index is 12.4. The van der Waals surface area contributed by atoms with E-state index < -0.39 is 0 Å². The van der Waals surface area contributed by atoms with Crippen molar-refractivity contribution in [2.45, 2.75) is 26.3 Å². The van der Waals surface area contributed by atoms with E-state index in [-0.39, 0.29) is 11.7 Å². The van der Waals surface area contributed by atoms with Gasteiger partial charge in [-0.2, -0.15) is 5.10 Å². The van der Waals surface area contributed by atoms with E-state index in [9.17, 15) is 4.79 Å². The number of carbonyl (C=O) groups is 1. The van der Waals surface area contributed by atoms with E-state index in [1.165, 1.54) is 0 Å². The van der Waals surface area contributed by atoms with E-state index in [1.54, 1.807) is 18.0 Å². The molecule has 1 aromatic rings. The summed E-state index contributed by atoms with van der Waals surface area (Å²) in [5.74, 6) is 0.743. The molecule has 0 aliphatic carbocycles. The molecule has 0 radical (unpaired) electrons. The number of rotatable bonds is 4. The summed E-state index contributed by atoms with van der Waals surface area (Å²) in [4.78, 5) is 12.4. The molecule has 5 heteroatoms. The van der Waals surface area contributed by atoms with Crippen LogP contribution in [-0.4, -0.2) is 35.9 Å². The molecule has 0 N–H and O–H groups in total. The first-order valence-corrected chi connectivity index (χ1v) is 5.99. The van der Waals surface area contributed by atoms with Gasteiger partial charge in [-0.3, -0.25) is 9.48 Å². The molecule has 94 valence electrons. The summed E-state index contributed by atoms with van der Waals surface area (Å²) in [6, 6.07) is 0. The number of carbonyl (C=O) groups excluding carboxylic acids is 1. The van der Waals surface area contributed by atoms with Gasteiger partial charge in [0.25, 0.3) is 0 Å². The predicted octanol–water partition coefficient (Wildman–Crippen LogP) is 1.52. The van der Waals surface area contributed by atoms with Crippen LogP contribution < -0.4 is 4.74 Å². The van der Waals surface area contributed by atoms with Gasteiger partial charge in [0.05, 0.1) is 13.3 Å². The topological polar surface area (TPSA) is 53.4 Å². The summed E-state index contributed by atoms with van der Waals surface area (Å²) in [6.07, 6.45) is 3.18. The van der Waals surface area contributed by atoms with E-state index in [0.717, 1.165) is 12.8 Å². The smallest absolute Gasteiger partial charge is 0.187 e. The van der Waals surface area contributed by atoms with Gasteiger partial charge in [-0.1, -0.05) is 0 Å². The fraction of sp³-hybridized carbons (Fsp3) is 0.667. The van der Waals surface area contributed by atoms with Gasteiger partial charge in [0.1, 0.15) is 5.69 Å². The van der Waals surface area contributed by atoms with Crippen LogP contribution in [0.25, 0.3) is 0 Å². The molecule has 1 aromatic heterocycles. The van der Waals surface area contributed by atoms with Crippen LogP contribution in [0.2, 0.25) is 0 Å². The zero-order valence-corrected chi connectivity index (χ0v) is 10.3. The first-order valence-electron chi connectivity index (χ1n) is 5.99. The molecule has 0 unspecified atom stereocenters. The molecule has 1 aliphatic heterocycles. The highest BCUT2D eigenvalue weighted by atomic mass is 16.5. The second kappa shape index (κ2) is 5.31. The summed E-state index contributed by atoms with van der Waals surface area (Å²) in [6.45, 7) is 3.97. The highest BCUT2D eigenvalue weighted by Crippen LogP contribution is 2.26. The zero-order valence-electron chi connectivity index (χ0n) is 10.3. The second-order valence-electron chi connectivity index (χ2n) is 4.13. The van der Waals surface area contributed by atoms with Gasteiger partial charge in [0, 0.05) is 25.7 Å². The van der Waals surface area contributed by atoms with Crippen molar-refractivity contribution in [3.63, 3.8) is 0 Å². The third-order valence-electron chi connectivity index (χ3n) is 3.15. The minimum atomic E-state index is 0.0413. The molecule has 0 aromatic carbocycles. The van der Waals surface area contributed by atoms with Crippen molar-refractivity contribution in [3.05, 3.63) is 11.9 Å². The van der Waals surface area contributed by atoms with Crippen LogP contribution in [0.15, 0.2) is 6.20 Å². The van der Waals surface area contributed by atoms with Gasteiger partial charge in [-0.25, -0.2) is 0 Å². The fourth-order valence-electron chi connectivity index (χ4n) is 2.16. The number of hydrogen-bond acceptors (Lipinski definition) is 4. The zero-order chi connectivity index (χ0) is 12.3. The van der Waals surface area contributed by atoms with Gasteiger partial charge < -0.3 is 9.47 Å². The molecule has 1 fully saturated rings. The predicted molar refractivity (Wildman–Crippen MR) is 62.3 cm³/mol. The molecule has 0 spiro atoms. The largest absolute Gasteiger partial charge is 0.493 e. The van der Waals surface area contributed by atoms with Crippen molar-refractivity contribution in [2.24, 2.45) is 5.92 Å². The van der Waals surface area contributed by atoms with Crippen molar-refractivity contribution >= 4 is 5.78 Å². The normalized spacial score (nSPS) is 17.1. The Morgan fingerprint density at radius 3 is 2.88 bits per heavy atom. The molecular formula is C12H18N2O3. The number of aromatic nitrogens is 2. The summed E-state index contributed by atoms with van der Waals surface area (Å²) in [5, 5.41) is 4.16. The van der Waals surface area contributed by atoms with Gasteiger partial charge in [0.2, 0.25) is 0 Å². The highest BCUT2D eigenvalue weighted by Gasteiger charge is 2.28. The lowest BCUT2D eigenvalue weighted by atomic mass is 9.93. The minimum absolute atomic E-state index is 0.0413. The number of aryl methyl sites for hydroxylation is 1. The second-order valence-corrected chi connectivity index (χ2v) is 4.13. The number of ether oxygens (including phenoxy) is 2. The Labute approximate surface area is 101 Å². The Kier molecular flexibility index (Phi) is 3.78. The van der Waals surface area contributed by atoms with Crippen molar-refractivity contribution in [1.82, 2.24) is 9.78 Å². The van der Waals surface area contributed by atoms with Gasteiger partial charge in [-0.15, -0.1) is 0 Å². The van der Waals surface area contributed by atoms with Crippen molar-refractivity contribution in [1.29, 1.82) is 0 Å². The number of nitrogens with zero attached hydrogens (tertiary/aromatic N) is 2. The third kappa shape index (κ3) is 2.34. The molecule has 1 aliphatic rings. The molecule has 0 bridgehead atoms. The van der Waals surface area contributed by atoms with E-state index in [4.69, 9.17) is 9.47 Å². The van der Waals surface area contributed by atoms with Gasteiger partial charge >= 0.3 is 0 Å². The lowest BCUT2D eigenvalue weighted by Crippen LogP contribution is -2.25. The summed E-state index contributed by atoms with van der Waals surface area (Å²) in [5.41, 5.74) is 0.599. The Morgan fingerprint density at radius 2 is 2.29 bits per heavy atom. The molecule has 5 nitrogen and oxygen atoms in total. The quantitative estimate of drug-likeness (QED) is 0.746. The SMILES string of the molecule is CCn1ncc(OC)c1C(=O)C1CCOCC1. The Hall–Kier alpha value is -1.36. The van der Waals surface area contributed by atoms with E-state index in [0.29, 0.717) is 31.2 Å². The lowest BCUT2D eigenvalue weighted by Gasteiger charge is -2.21. The molecule has 17 heavy (non-hydrogen) atoms. The molecular weight excluding hydrogens is 220 g/mol. The number of Topliss-reactive ketones (excluding diaryl/α,β-unsaturated/α-hetero) is 1. The van der Waals surface area contributed by atoms with Crippen LogP contribution in [0, 0.1) is 5.92 Å². The highest BCUT2D eigenvalue weighted by molar-refractivity contribution is 5.98. The summed E-state index contributed by atoms with van der Waals surface area (Å²) in [7, 11) is 1.57. The first-order chi connectivity index (χ1) is 8.27. The van der Waals surface area contributed by atoms with Crippen LogP contribution >= 0.6 is 0 Å². The Morgan fingerprint density at radius 1 is 1.59 bits per heavy atom. The van der Waals surface area contributed by atoms with Crippen LogP contribution in [0.4, 0.5) is 0 Å². The summed E-state index contributed by atoms with van der Waals surface area (Å²) >= 11 is 0. The molecule has 2 rings (SSSR count). The Bertz CT molecular complexity index is 373. The minimum Gasteiger partial charge on any atom is -0.493 e. The van der Waals surface area contributed by atoms with Crippen LogP contribution in [0.3, 0.4) is 0 Å². The summed E-state index contributed by atoms with van der Waals surface area (Å²) < 4.78 is 12.2. The number of hydrogen-bond donors (Lipinski definition) is 0. The maximum atomic E-state index is 12.4. The number of methoxy groups -OCH3 is 1. The van der Waals surface area contributed by atoms with E-state index >= 15 is 0 Å². The van der Waals surface area contributed by atoms with Crippen LogP contribution in [0.5, 0.6) is 5.75 Å². The van der Waals surface area contributed by atoms with Gasteiger partial charge in [0.15, 0.2) is 11.5 Å². The lowest BCUT2D eigenvalue weighted by molar-refractivity contribution is 0.0536. The third-order valence-corrected chi connectivity index (χ3v) is 3.15. The molecule has 1 saturated heterocycles. The van der Waals surface area contributed by atoms with Crippen molar-refractivity contribution in [2.75, 3.05) is 20.3 Å². The van der Waals surface area contributed by atoms with E-state index in [2.05, 4.69) is 5.10 Å². The average Bonchev–Trinajstić information content (AvgIpc) is 2.81. The molecule has 0 amide bonds.